The highest BCUT2D eigenvalue weighted by Crippen LogP contribution is 2.20. The van der Waals surface area contributed by atoms with Gasteiger partial charge in [0.05, 0.1) is 0 Å². The highest BCUT2D eigenvalue weighted by Gasteiger charge is 2.19. The first-order valence-corrected chi connectivity index (χ1v) is 4.46. The summed E-state index contributed by atoms with van der Waals surface area (Å²) in [5, 5.41) is 9.29. The van der Waals surface area contributed by atoms with Gasteiger partial charge >= 0.3 is 0 Å². The fourth-order valence-electron chi connectivity index (χ4n) is 1.46. The van der Waals surface area contributed by atoms with Crippen LogP contribution in [0.4, 0.5) is 0 Å². The molecular weight excluding hydrogens is 156 g/mol. The van der Waals surface area contributed by atoms with Crippen LogP contribution in [-0.4, -0.2) is 30.2 Å². The van der Waals surface area contributed by atoms with Gasteiger partial charge < -0.3 is 9.84 Å². The summed E-state index contributed by atoms with van der Waals surface area (Å²) >= 11 is 0. The Morgan fingerprint density at radius 3 is 2.67 bits per heavy atom. The third-order valence-electron chi connectivity index (χ3n) is 2.37. The molecule has 0 aromatic carbocycles. The first-order chi connectivity index (χ1) is 5.70. The number of carbonyl (C=O) groups excluding carboxylic acids is 1. The number of ether oxygens (including phenoxy) is 1. The predicted octanol–water partition coefficient (Wildman–Crippen LogP) is 0.753. The van der Waals surface area contributed by atoms with E-state index in [-0.39, 0.29) is 5.78 Å². The van der Waals surface area contributed by atoms with E-state index in [4.69, 9.17) is 4.74 Å². The van der Waals surface area contributed by atoms with Crippen molar-refractivity contribution in [1.29, 1.82) is 0 Å². The van der Waals surface area contributed by atoms with Crippen LogP contribution >= 0.6 is 0 Å². The number of ketones is 1. The number of carbonyl (C=O) groups is 1. The zero-order valence-corrected chi connectivity index (χ0v) is 7.45. The lowest BCUT2D eigenvalue weighted by atomic mass is 9.92. The summed E-state index contributed by atoms with van der Waals surface area (Å²) in [5.74, 6) is 0.346. The van der Waals surface area contributed by atoms with E-state index in [0.29, 0.717) is 12.3 Å². The minimum atomic E-state index is -0.756. The molecule has 1 fully saturated rings. The summed E-state index contributed by atoms with van der Waals surface area (Å²) < 4.78 is 5.18. The smallest absolute Gasteiger partial charge is 0.158 e. The van der Waals surface area contributed by atoms with Crippen molar-refractivity contribution in [2.45, 2.75) is 32.3 Å². The molecule has 1 rings (SSSR count). The third kappa shape index (κ3) is 2.91. The number of Topliss-reactive ketones (excluding diaryl/α,β-unsaturated/α-hetero) is 1. The second kappa shape index (κ2) is 4.58. The lowest BCUT2D eigenvalue weighted by molar-refractivity contribution is -0.126. The fourth-order valence-corrected chi connectivity index (χ4v) is 1.46. The van der Waals surface area contributed by atoms with Crippen LogP contribution in [0.5, 0.6) is 0 Å². The van der Waals surface area contributed by atoms with Gasteiger partial charge in [0, 0.05) is 13.2 Å². The van der Waals surface area contributed by atoms with Crippen molar-refractivity contribution in [1.82, 2.24) is 0 Å². The second-order valence-electron chi connectivity index (χ2n) is 3.42. The molecule has 0 amide bonds. The van der Waals surface area contributed by atoms with Crippen LogP contribution in [-0.2, 0) is 9.53 Å². The summed E-state index contributed by atoms with van der Waals surface area (Å²) in [7, 11) is 0. The van der Waals surface area contributed by atoms with Gasteiger partial charge in [-0.2, -0.15) is 0 Å². The Labute approximate surface area is 72.7 Å². The van der Waals surface area contributed by atoms with Gasteiger partial charge in [-0.1, -0.05) is 0 Å². The largest absolute Gasteiger partial charge is 0.385 e. The molecule has 3 heteroatoms. The standard InChI is InChI=1S/C9H16O3/c1-7(10)9(11)6-8-2-4-12-5-3-8/h8-9,11H,2-6H2,1H3/t9-/m1/s1. The molecule has 3 nitrogen and oxygen atoms in total. The van der Waals surface area contributed by atoms with Crippen molar-refractivity contribution >= 4 is 5.78 Å². The molecule has 0 aliphatic carbocycles. The Kier molecular flexibility index (Phi) is 3.69. The van der Waals surface area contributed by atoms with Crippen molar-refractivity contribution in [2.75, 3.05) is 13.2 Å². The zero-order chi connectivity index (χ0) is 8.97. The number of hydrogen-bond acceptors (Lipinski definition) is 3. The van der Waals surface area contributed by atoms with Crippen molar-refractivity contribution in [3.05, 3.63) is 0 Å². The average Bonchev–Trinajstić information content (AvgIpc) is 2.06. The first-order valence-electron chi connectivity index (χ1n) is 4.46. The topological polar surface area (TPSA) is 46.5 Å². The molecule has 1 saturated heterocycles. The normalized spacial score (nSPS) is 22.2. The van der Waals surface area contributed by atoms with Gasteiger partial charge in [-0.15, -0.1) is 0 Å². The summed E-state index contributed by atoms with van der Waals surface area (Å²) in [4.78, 5) is 10.7. The molecule has 0 bridgehead atoms. The fraction of sp³-hybridized carbons (Fsp3) is 0.889. The van der Waals surface area contributed by atoms with Crippen LogP contribution < -0.4 is 0 Å². The van der Waals surface area contributed by atoms with Gasteiger partial charge in [-0.3, -0.25) is 4.79 Å². The molecule has 12 heavy (non-hydrogen) atoms. The molecule has 1 aliphatic rings. The monoisotopic (exact) mass is 172 g/mol. The summed E-state index contributed by atoms with van der Waals surface area (Å²) in [6, 6.07) is 0. The molecule has 0 spiro atoms. The minimum absolute atomic E-state index is 0.124. The molecule has 0 radical (unpaired) electrons. The molecule has 0 saturated carbocycles. The highest BCUT2D eigenvalue weighted by molar-refractivity contribution is 5.80. The second-order valence-corrected chi connectivity index (χ2v) is 3.42. The van der Waals surface area contributed by atoms with Crippen molar-refractivity contribution < 1.29 is 14.6 Å². The molecule has 1 heterocycles. The van der Waals surface area contributed by atoms with E-state index in [2.05, 4.69) is 0 Å². The lowest BCUT2D eigenvalue weighted by Crippen LogP contribution is -2.25. The Hall–Kier alpha value is -0.410. The van der Waals surface area contributed by atoms with E-state index in [1.54, 1.807) is 0 Å². The molecule has 0 aromatic heterocycles. The van der Waals surface area contributed by atoms with Gasteiger partial charge in [0.15, 0.2) is 5.78 Å². The highest BCUT2D eigenvalue weighted by atomic mass is 16.5. The van der Waals surface area contributed by atoms with E-state index in [1.165, 1.54) is 6.92 Å². The number of hydrogen-bond donors (Lipinski definition) is 1. The Morgan fingerprint density at radius 2 is 2.17 bits per heavy atom. The van der Waals surface area contributed by atoms with Gasteiger partial charge in [0.1, 0.15) is 6.10 Å². The van der Waals surface area contributed by atoms with Crippen LogP contribution in [0, 0.1) is 5.92 Å². The number of aliphatic hydroxyl groups excluding tert-OH is 1. The van der Waals surface area contributed by atoms with E-state index < -0.39 is 6.10 Å². The SMILES string of the molecule is CC(=O)[C@H](O)CC1CCOCC1. The summed E-state index contributed by atoms with van der Waals surface area (Å²) in [5.41, 5.74) is 0. The van der Waals surface area contributed by atoms with Crippen LogP contribution in [0.3, 0.4) is 0 Å². The third-order valence-corrected chi connectivity index (χ3v) is 2.37. The van der Waals surface area contributed by atoms with Gasteiger partial charge in [-0.25, -0.2) is 0 Å². The van der Waals surface area contributed by atoms with Gasteiger partial charge in [0.25, 0.3) is 0 Å². The maximum atomic E-state index is 10.7. The minimum Gasteiger partial charge on any atom is -0.385 e. The number of aliphatic hydroxyl groups is 1. The number of rotatable bonds is 3. The van der Waals surface area contributed by atoms with E-state index in [0.717, 1.165) is 26.1 Å². The average molecular weight is 172 g/mol. The molecular formula is C9H16O3. The van der Waals surface area contributed by atoms with Gasteiger partial charge in [0.2, 0.25) is 0 Å². The van der Waals surface area contributed by atoms with Gasteiger partial charge in [-0.05, 0) is 32.1 Å². The molecule has 70 valence electrons. The van der Waals surface area contributed by atoms with Crippen LogP contribution in [0.25, 0.3) is 0 Å². The van der Waals surface area contributed by atoms with Crippen molar-refractivity contribution in [3.63, 3.8) is 0 Å². The van der Waals surface area contributed by atoms with Crippen molar-refractivity contribution in [3.8, 4) is 0 Å². The quantitative estimate of drug-likeness (QED) is 0.683. The Balaban J connectivity index is 2.24. The molecule has 1 aliphatic heterocycles. The molecule has 1 N–H and O–H groups in total. The van der Waals surface area contributed by atoms with Crippen LogP contribution in [0.15, 0.2) is 0 Å². The van der Waals surface area contributed by atoms with Crippen LogP contribution in [0.1, 0.15) is 26.2 Å². The maximum Gasteiger partial charge on any atom is 0.158 e. The molecule has 0 aromatic rings. The summed E-state index contributed by atoms with van der Waals surface area (Å²) in [6.07, 6.45) is 1.81. The lowest BCUT2D eigenvalue weighted by Gasteiger charge is -2.23. The Bertz CT molecular complexity index is 150. The zero-order valence-electron chi connectivity index (χ0n) is 7.45. The predicted molar refractivity (Wildman–Crippen MR) is 44.8 cm³/mol. The Morgan fingerprint density at radius 1 is 1.58 bits per heavy atom. The van der Waals surface area contributed by atoms with Crippen molar-refractivity contribution in [2.24, 2.45) is 5.92 Å². The van der Waals surface area contributed by atoms with E-state index in [9.17, 15) is 9.90 Å². The maximum absolute atomic E-state index is 10.7. The molecule has 0 unspecified atom stereocenters. The van der Waals surface area contributed by atoms with Crippen LogP contribution in [0.2, 0.25) is 0 Å². The first kappa shape index (κ1) is 9.68. The van der Waals surface area contributed by atoms with E-state index >= 15 is 0 Å². The molecule has 1 atom stereocenters. The summed E-state index contributed by atoms with van der Waals surface area (Å²) in [6.45, 7) is 2.98. The van der Waals surface area contributed by atoms with E-state index in [1.807, 2.05) is 0 Å².